The van der Waals surface area contributed by atoms with E-state index >= 15 is 0 Å². The van der Waals surface area contributed by atoms with Gasteiger partial charge in [-0.2, -0.15) is 5.26 Å². The number of nitriles is 1. The Balaban J connectivity index is 1.66. The third-order valence-electron chi connectivity index (χ3n) is 5.13. The number of carbonyl (C=O) groups is 1. The zero-order chi connectivity index (χ0) is 21.3. The van der Waals surface area contributed by atoms with Crippen molar-refractivity contribution in [1.29, 1.82) is 5.26 Å². The van der Waals surface area contributed by atoms with Crippen LogP contribution >= 0.6 is 11.3 Å². The second-order valence-electron chi connectivity index (χ2n) is 7.68. The van der Waals surface area contributed by atoms with Crippen molar-refractivity contribution < 1.29 is 9.53 Å². The molecule has 1 N–H and O–H groups in total. The maximum atomic E-state index is 11.5. The fourth-order valence-corrected chi connectivity index (χ4v) is 4.88. The first-order valence-electron chi connectivity index (χ1n) is 10.0. The largest absolute Gasteiger partial charge is 0.490 e. The highest BCUT2D eigenvalue weighted by Crippen LogP contribution is 2.41. The minimum atomic E-state index is -0.00322. The van der Waals surface area contributed by atoms with Crippen molar-refractivity contribution in [3.8, 4) is 32.8 Å². The first kappa shape index (κ1) is 20.1. The van der Waals surface area contributed by atoms with Gasteiger partial charge in [0.1, 0.15) is 16.8 Å². The van der Waals surface area contributed by atoms with E-state index in [0.717, 1.165) is 28.3 Å². The second kappa shape index (κ2) is 8.29. The number of hydrogen-bond acceptors (Lipinski definition) is 5. The van der Waals surface area contributed by atoms with Gasteiger partial charge in [-0.1, -0.05) is 18.2 Å². The van der Waals surface area contributed by atoms with Crippen LogP contribution in [-0.2, 0) is 11.2 Å². The van der Waals surface area contributed by atoms with Crippen molar-refractivity contribution in [3.63, 3.8) is 0 Å². The molecule has 30 heavy (non-hydrogen) atoms. The van der Waals surface area contributed by atoms with Crippen LogP contribution in [0.25, 0.3) is 21.0 Å². The Hall–Kier alpha value is -3.17. The Morgan fingerprint density at radius 3 is 2.90 bits per heavy atom. The lowest BCUT2D eigenvalue weighted by Gasteiger charge is -2.13. The fourth-order valence-electron chi connectivity index (χ4n) is 3.92. The SMILES string of the molecule is CC(=O)NC1CCc2c(-c3cnc(-c4ccc(OC(C)C)c(C#N)c4)s3)cccc21. The predicted octanol–water partition coefficient (Wildman–Crippen LogP) is 5.26. The summed E-state index contributed by atoms with van der Waals surface area (Å²) in [7, 11) is 0. The summed E-state index contributed by atoms with van der Waals surface area (Å²) in [6.07, 6.45) is 3.76. The van der Waals surface area contributed by atoms with E-state index in [9.17, 15) is 10.1 Å². The Morgan fingerprint density at radius 2 is 2.17 bits per heavy atom. The van der Waals surface area contributed by atoms with Crippen LogP contribution in [0, 0.1) is 11.3 Å². The molecule has 1 unspecified atom stereocenters. The van der Waals surface area contributed by atoms with Crippen molar-refractivity contribution in [3.05, 3.63) is 59.3 Å². The highest BCUT2D eigenvalue weighted by atomic mass is 32.1. The molecule has 3 aromatic rings. The van der Waals surface area contributed by atoms with E-state index in [1.165, 1.54) is 16.7 Å². The summed E-state index contributed by atoms with van der Waals surface area (Å²) in [5, 5.41) is 13.4. The highest BCUT2D eigenvalue weighted by molar-refractivity contribution is 7.18. The summed E-state index contributed by atoms with van der Waals surface area (Å²) in [4.78, 5) is 17.2. The van der Waals surface area contributed by atoms with Crippen LogP contribution in [-0.4, -0.2) is 17.0 Å². The van der Waals surface area contributed by atoms with E-state index in [4.69, 9.17) is 4.74 Å². The van der Waals surface area contributed by atoms with Gasteiger partial charge >= 0.3 is 0 Å². The number of amides is 1. The van der Waals surface area contributed by atoms with Crippen LogP contribution in [0.4, 0.5) is 0 Å². The highest BCUT2D eigenvalue weighted by Gasteiger charge is 2.26. The van der Waals surface area contributed by atoms with Crippen molar-refractivity contribution in [2.24, 2.45) is 0 Å². The molecule has 0 spiro atoms. The van der Waals surface area contributed by atoms with E-state index in [1.54, 1.807) is 18.3 Å². The van der Waals surface area contributed by atoms with Gasteiger partial charge in [-0.05, 0) is 61.6 Å². The van der Waals surface area contributed by atoms with E-state index in [-0.39, 0.29) is 18.1 Å². The maximum Gasteiger partial charge on any atom is 0.217 e. The fraction of sp³-hybridized carbons (Fsp3) is 0.292. The van der Waals surface area contributed by atoms with Crippen molar-refractivity contribution in [2.45, 2.75) is 45.8 Å². The number of nitrogens with zero attached hydrogens (tertiary/aromatic N) is 2. The zero-order valence-electron chi connectivity index (χ0n) is 17.2. The lowest BCUT2D eigenvalue weighted by molar-refractivity contribution is -0.119. The van der Waals surface area contributed by atoms with E-state index in [0.29, 0.717) is 11.3 Å². The van der Waals surface area contributed by atoms with Crippen molar-refractivity contribution in [2.75, 3.05) is 0 Å². The number of thiazole rings is 1. The van der Waals surface area contributed by atoms with Crippen LogP contribution in [0.3, 0.4) is 0 Å². The smallest absolute Gasteiger partial charge is 0.217 e. The van der Waals surface area contributed by atoms with Crippen molar-refractivity contribution in [1.82, 2.24) is 10.3 Å². The molecule has 0 radical (unpaired) electrons. The second-order valence-corrected chi connectivity index (χ2v) is 8.71. The molecule has 1 aliphatic carbocycles. The van der Waals surface area contributed by atoms with Crippen LogP contribution < -0.4 is 10.1 Å². The molecule has 0 saturated heterocycles. The summed E-state index contributed by atoms with van der Waals surface area (Å²) in [6.45, 7) is 5.44. The molecule has 152 valence electrons. The topological polar surface area (TPSA) is 75.0 Å². The Labute approximate surface area is 180 Å². The predicted molar refractivity (Wildman–Crippen MR) is 118 cm³/mol. The van der Waals surface area contributed by atoms with Gasteiger partial charge in [-0.25, -0.2) is 4.98 Å². The molecule has 1 heterocycles. The first-order valence-corrected chi connectivity index (χ1v) is 10.8. The van der Waals surface area contributed by atoms with Gasteiger partial charge in [-0.15, -0.1) is 11.3 Å². The molecule has 0 bridgehead atoms. The number of ether oxygens (including phenoxy) is 1. The molecule has 6 heteroatoms. The summed E-state index contributed by atoms with van der Waals surface area (Å²) in [5.41, 5.74) is 5.06. The molecule has 1 aliphatic rings. The monoisotopic (exact) mass is 417 g/mol. The first-order chi connectivity index (χ1) is 14.5. The van der Waals surface area contributed by atoms with E-state index in [2.05, 4.69) is 28.5 Å². The Bertz CT molecular complexity index is 1140. The maximum absolute atomic E-state index is 11.5. The van der Waals surface area contributed by atoms with Crippen LogP contribution in [0.1, 0.15) is 49.9 Å². The van der Waals surface area contributed by atoms with Gasteiger partial charge in [0.25, 0.3) is 0 Å². The van der Waals surface area contributed by atoms with Gasteiger partial charge < -0.3 is 10.1 Å². The van der Waals surface area contributed by atoms with Gasteiger partial charge in [-0.3, -0.25) is 4.79 Å². The number of aromatic nitrogens is 1. The number of hydrogen-bond donors (Lipinski definition) is 1. The number of fused-ring (bicyclic) bond motifs is 1. The normalized spacial score (nSPS) is 15.0. The summed E-state index contributed by atoms with van der Waals surface area (Å²) >= 11 is 1.61. The summed E-state index contributed by atoms with van der Waals surface area (Å²) < 4.78 is 5.72. The van der Waals surface area contributed by atoms with E-state index < -0.39 is 0 Å². The Kier molecular flexibility index (Phi) is 5.56. The number of rotatable bonds is 5. The molecular formula is C24H23N3O2S. The molecule has 0 saturated carbocycles. The van der Waals surface area contributed by atoms with E-state index in [1.807, 2.05) is 44.3 Å². The van der Waals surface area contributed by atoms with Gasteiger partial charge in [0, 0.05) is 18.7 Å². The molecule has 1 aromatic heterocycles. The molecule has 2 aromatic carbocycles. The summed E-state index contributed by atoms with van der Waals surface area (Å²) in [5.74, 6) is 0.592. The average molecular weight is 418 g/mol. The molecule has 1 amide bonds. The number of benzene rings is 2. The Morgan fingerprint density at radius 1 is 1.33 bits per heavy atom. The summed E-state index contributed by atoms with van der Waals surface area (Å²) in [6, 6.07) is 14.2. The quantitative estimate of drug-likeness (QED) is 0.614. The van der Waals surface area contributed by atoms with Crippen molar-refractivity contribution >= 4 is 17.2 Å². The molecule has 5 nitrogen and oxygen atoms in total. The van der Waals surface area contributed by atoms with Crippen LogP contribution in [0.5, 0.6) is 5.75 Å². The molecule has 0 aliphatic heterocycles. The van der Waals surface area contributed by atoms with Gasteiger partial charge in [0.05, 0.1) is 22.6 Å². The molecule has 0 fully saturated rings. The number of carbonyl (C=O) groups excluding carboxylic acids is 1. The lowest BCUT2D eigenvalue weighted by Crippen LogP contribution is -2.24. The lowest BCUT2D eigenvalue weighted by atomic mass is 10.0. The molecule has 4 rings (SSSR count). The minimum Gasteiger partial charge on any atom is -0.490 e. The van der Waals surface area contributed by atoms with Gasteiger partial charge in [0.15, 0.2) is 0 Å². The van der Waals surface area contributed by atoms with Crippen LogP contribution in [0.2, 0.25) is 0 Å². The minimum absolute atomic E-state index is 0.00322. The number of nitrogens with one attached hydrogen (secondary N) is 1. The van der Waals surface area contributed by atoms with Crippen LogP contribution in [0.15, 0.2) is 42.6 Å². The molecular weight excluding hydrogens is 394 g/mol. The molecule has 1 atom stereocenters. The average Bonchev–Trinajstić information content (AvgIpc) is 3.35. The standard InChI is InChI=1S/C24H23N3O2S/c1-14(2)29-22-10-7-16(11-17(22)12-25)24-26-13-23(30-24)20-6-4-5-19-18(20)8-9-21(19)27-15(3)28/h4-7,10-11,13-14,21H,8-9H2,1-3H3,(H,27,28). The third kappa shape index (κ3) is 3.94. The third-order valence-corrected chi connectivity index (χ3v) is 6.21. The van der Waals surface area contributed by atoms with Gasteiger partial charge in [0.2, 0.25) is 5.91 Å². The zero-order valence-corrected chi connectivity index (χ0v) is 18.0.